The van der Waals surface area contributed by atoms with E-state index in [4.69, 9.17) is 0 Å². The predicted octanol–water partition coefficient (Wildman–Crippen LogP) is 5.25. The van der Waals surface area contributed by atoms with Crippen LogP contribution in [0.25, 0.3) is 0 Å². The highest BCUT2D eigenvalue weighted by Gasteiger charge is 2.27. The summed E-state index contributed by atoms with van der Waals surface area (Å²) in [7, 11) is 0. The molecule has 20 heavy (non-hydrogen) atoms. The van der Waals surface area contributed by atoms with Gasteiger partial charge in [0.25, 0.3) is 0 Å². The molecule has 0 aliphatic rings. The van der Waals surface area contributed by atoms with Crippen molar-refractivity contribution in [3.63, 3.8) is 0 Å². The summed E-state index contributed by atoms with van der Waals surface area (Å²) >= 11 is 0. The monoisotopic (exact) mass is 268 g/mol. The van der Waals surface area contributed by atoms with Gasteiger partial charge in [-0.15, -0.1) is 0 Å². The molecule has 0 spiro atoms. The quantitative estimate of drug-likeness (QED) is 0.784. The second-order valence-electron chi connectivity index (χ2n) is 5.98. The fourth-order valence-corrected chi connectivity index (χ4v) is 2.90. The van der Waals surface area contributed by atoms with Crippen LogP contribution in [0.3, 0.4) is 0 Å². The van der Waals surface area contributed by atoms with Crippen LogP contribution in [-0.2, 0) is 5.41 Å². The molecule has 0 saturated heterocycles. The van der Waals surface area contributed by atoms with Crippen molar-refractivity contribution >= 4 is 0 Å². The summed E-state index contributed by atoms with van der Waals surface area (Å²) in [5.41, 5.74) is 2.89. The van der Waals surface area contributed by atoms with Gasteiger partial charge >= 0.3 is 0 Å². The van der Waals surface area contributed by atoms with Crippen LogP contribution in [0.1, 0.15) is 50.7 Å². The van der Waals surface area contributed by atoms with Crippen LogP contribution in [0.4, 0.5) is 0 Å². The third-order valence-electron chi connectivity index (χ3n) is 4.47. The number of aromatic hydroxyl groups is 1. The Bertz CT molecular complexity index is 529. The van der Waals surface area contributed by atoms with Gasteiger partial charge in [0.1, 0.15) is 5.75 Å². The van der Waals surface area contributed by atoms with E-state index in [1.807, 2.05) is 12.1 Å². The number of phenolic OH excluding ortho intramolecular Hbond substituents is 1. The maximum absolute atomic E-state index is 9.40. The summed E-state index contributed by atoms with van der Waals surface area (Å²) in [5, 5.41) is 9.40. The molecule has 0 fully saturated rings. The molecule has 0 bridgehead atoms. The molecule has 2 atom stereocenters. The molecular formula is C19H24O. The molecule has 2 aromatic carbocycles. The van der Waals surface area contributed by atoms with E-state index in [-0.39, 0.29) is 5.41 Å². The van der Waals surface area contributed by atoms with Gasteiger partial charge in [-0.1, -0.05) is 63.2 Å². The average molecular weight is 268 g/mol. The summed E-state index contributed by atoms with van der Waals surface area (Å²) in [5.74, 6) is 0.808. The van der Waals surface area contributed by atoms with Crippen LogP contribution in [-0.4, -0.2) is 5.11 Å². The molecule has 0 aliphatic heterocycles. The number of hydrogen-bond acceptors (Lipinski definition) is 1. The molecule has 1 N–H and O–H groups in total. The number of benzene rings is 2. The van der Waals surface area contributed by atoms with Crippen molar-refractivity contribution in [1.29, 1.82) is 0 Å². The molecule has 1 nitrogen and oxygen atoms in total. The van der Waals surface area contributed by atoms with Gasteiger partial charge in [0, 0.05) is 0 Å². The van der Waals surface area contributed by atoms with Crippen LogP contribution in [0.5, 0.6) is 5.75 Å². The first-order valence-corrected chi connectivity index (χ1v) is 7.39. The minimum absolute atomic E-state index is 0.193. The van der Waals surface area contributed by atoms with Crippen LogP contribution >= 0.6 is 0 Å². The first-order chi connectivity index (χ1) is 9.55. The van der Waals surface area contributed by atoms with Crippen molar-refractivity contribution in [2.45, 2.75) is 44.9 Å². The van der Waals surface area contributed by atoms with Crippen LogP contribution in [0, 0.1) is 0 Å². The zero-order valence-electron chi connectivity index (χ0n) is 12.6. The van der Waals surface area contributed by atoms with Gasteiger partial charge in [0.15, 0.2) is 0 Å². The van der Waals surface area contributed by atoms with E-state index in [1.165, 1.54) is 11.1 Å². The van der Waals surface area contributed by atoms with Crippen molar-refractivity contribution in [2.24, 2.45) is 0 Å². The molecule has 0 heterocycles. The van der Waals surface area contributed by atoms with E-state index in [0.717, 1.165) is 12.8 Å². The summed E-state index contributed by atoms with van der Waals surface area (Å²) in [6, 6.07) is 18.4. The lowest BCUT2D eigenvalue weighted by atomic mass is 9.72. The highest BCUT2D eigenvalue weighted by molar-refractivity contribution is 5.30. The van der Waals surface area contributed by atoms with Gasteiger partial charge in [0.2, 0.25) is 0 Å². The normalized spacial score (nSPS) is 15.6. The van der Waals surface area contributed by atoms with E-state index in [0.29, 0.717) is 11.7 Å². The summed E-state index contributed by atoms with van der Waals surface area (Å²) in [4.78, 5) is 0. The summed E-state index contributed by atoms with van der Waals surface area (Å²) < 4.78 is 0. The molecule has 0 saturated carbocycles. The van der Waals surface area contributed by atoms with Gasteiger partial charge in [-0.25, -0.2) is 0 Å². The van der Waals surface area contributed by atoms with Crippen molar-refractivity contribution in [3.05, 3.63) is 65.7 Å². The number of phenols is 1. The highest BCUT2D eigenvalue weighted by atomic mass is 16.3. The van der Waals surface area contributed by atoms with Gasteiger partial charge < -0.3 is 5.11 Å². The first-order valence-electron chi connectivity index (χ1n) is 7.39. The van der Waals surface area contributed by atoms with Gasteiger partial charge in [-0.2, -0.15) is 0 Å². The van der Waals surface area contributed by atoms with E-state index in [2.05, 4.69) is 51.1 Å². The number of hydrogen-bond donors (Lipinski definition) is 1. The molecule has 2 unspecified atom stereocenters. The van der Waals surface area contributed by atoms with Gasteiger partial charge in [0.05, 0.1) is 0 Å². The zero-order valence-corrected chi connectivity index (χ0v) is 12.6. The lowest BCUT2D eigenvalue weighted by Gasteiger charge is -2.32. The molecule has 0 amide bonds. The Labute approximate surface area is 122 Å². The minimum atomic E-state index is 0.193. The Kier molecular flexibility index (Phi) is 4.49. The molecule has 0 radical (unpaired) electrons. The van der Waals surface area contributed by atoms with Crippen LogP contribution < -0.4 is 0 Å². The molecule has 0 aromatic heterocycles. The molecule has 2 rings (SSSR count). The molecule has 106 valence electrons. The second-order valence-corrected chi connectivity index (χ2v) is 5.98. The Morgan fingerprint density at radius 3 is 2.15 bits per heavy atom. The van der Waals surface area contributed by atoms with Gasteiger partial charge in [-0.05, 0) is 47.4 Å². The smallest absolute Gasteiger partial charge is 0.115 e. The van der Waals surface area contributed by atoms with Crippen molar-refractivity contribution in [1.82, 2.24) is 0 Å². The highest BCUT2D eigenvalue weighted by Crippen LogP contribution is 2.37. The Balaban J connectivity index is 2.19. The fourth-order valence-electron chi connectivity index (χ4n) is 2.90. The lowest BCUT2D eigenvalue weighted by molar-refractivity contribution is 0.387. The predicted molar refractivity (Wildman–Crippen MR) is 85.2 cm³/mol. The zero-order chi connectivity index (χ0) is 14.6. The van der Waals surface area contributed by atoms with Gasteiger partial charge in [-0.3, -0.25) is 0 Å². The van der Waals surface area contributed by atoms with E-state index < -0.39 is 0 Å². The summed E-state index contributed by atoms with van der Waals surface area (Å²) in [6.07, 6.45) is 2.23. The lowest BCUT2D eigenvalue weighted by Crippen LogP contribution is -2.23. The van der Waals surface area contributed by atoms with E-state index in [9.17, 15) is 5.11 Å². The van der Waals surface area contributed by atoms with Crippen LogP contribution in [0.15, 0.2) is 54.6 Å². The van der Waals surface area contributed by atoms with Crippen molar-refractivity contribution in [3.8, 4) is 5.75 Å². The second kappa shape index (κ2) is 6.13. The minimum Gasteiger partial charge on any atom is -0.508 e. The number of rotatable bonds is 5. The summed E-state index contributed by atoms with van der Waals surface area (Å²) in [6.45, 7) is 6.87. The maximum Gasteiger partial charge on any atom is 0.115 e. The van der Waals surface area contributed by atoms with Crippen molar-refractivity contribution in [2.75, 3.05) is 0 Å². The Morgan fingerprint density at radius 1 is 1.00 bits per heavy atom. The molecular weight excluding hydrogens is 244 g/mol. The third-order valence-corrected chi connectivity index (χ3v) is 4.47. The Hall–Kier alpha value is -1.76. The topological polar surface area (TPSA) is 20.2 Å². The average Bonchev–Trinajstić information content (AvgIpc) is 2.48. The standard InChI is InChI=1S/C19H24O/c1-4-19(3,17-8-6-5-7-9-17)14-15(2)16-10-12-18(20)13-11-16/h5-13,15,20H,4,14H2,1-3H3. The third kappa shape index (κ3) is 3.22. The van der Waals surface area contributed by atoms with Crippen LogP contribution in [0.2, 0.25) is 0 Å². The largest absolute Gasteiger partial charge is 0.508 e. The van der Waals surface area contributed by atoms with Crippen molar-refractivity contribution < 1.29 is 5.11 Å². The van der Waals surface area contributed by atoms with E-state index >= 15 is 0 Å². The fraction of sp³-hybridized carbons (Fsp3) is 0.368. The molecule has 2 aromatic rings. The maximum atomic E-state index is 9.40. The first kappa shape index (κ1) is 14.6. The SMILES string of the molecule is CCC(C)(CC(C)c1ccc(O)cc1)c1ccccc1. The molecule has 1 heteroatoms. The Morgan fingerprint density at radius 2 is 1.60 bits per heavy atom. The molecule has 0 aliphatic carbocycles. The van der Waals surface area contributed by atoms with E-state index in [1.54, 1.807) is 12.1 Å².